The first-order valence-electron chi connectivity index (χ1n) is 9.54. The number of benzene rings is 3. The molecule has 8 heteroatoms. The van der Waals surface area contributed by atoms with Gasteiger partial charge in [-0.05, 0) is 56.3 Å². The van der Waals surface area contributed by atoms with Crippen molar-refractivity contribution in [2.75, 3.05) is 11.9 Å². The van der Waals surface area contributed by atoms with Crippen molar-refractivity contribution >= 4 is 28.4 Å². The molecule has 156 valence electrons. The number of non-ortho nitro benzene ring substituents is 1. The SMILES string of the molecule is Cc1cc(C)cc(-c2nc3cc(NC(=O)COc4ccc([N+](=O)[O-])cc4)ccc3o2)c1. The maximum atomic E-state index is 12.2. The summed E-state index contributed by atoms with van der Waals surface area (Å²) in [5, 5.41) is 13.4. The van der Waals surface area contributed by atoms with E-state index in [9.17, 15) is 14.9 Å². The second-order valence-corrected chi connectivity index (χ2v) is 7.17. The van der Waals surface area contributed by atoms with Crippen LogP contribution in [0.4, 0.5) is 11.4 Å². The molecule has 31 heavy (non-hydrogen) atoms. The quantitative estimate of drug-likeness (QED) is 0.348. The van der Waals surface area contributed by atoms with Gasteiger partial charge in [-0.25, -0.2) is 4.98 Å². The van der Waals surface area contributed by atoms with Crippen molar-refractivity contribution in [2.45, 2.75) is 13.8 Å². The van der Waals surface area contributed by atoms with Crippen molar-refractivity contribution in [3.05, 3.63) is 81.9 Å². The third-order valence-electron chi connectivity index (χ3n) is 4.56. The van der Waals surface area contributed by atoms with Gasteiger partial charge < -0.3 is 14.5 Å². The molecule has 0 saturated carbocycles. The lowest BCUT2D eigenvalue weighted by Gasteiger charge is -2.07. The van der Waals surface area contributed by atoms with Crippen LogP contribution in [0.5, 0.6) is 5.75 Å². The van der Waals surface area contributed by atoms with E-state index in [4.69, 9.17) is 9.15 Å². The molecule has 0 radical (unpaired) electrons. The first kappa shape index (κ1) is 20.1. The molecule has 1 amide bonds. The van der Waals surface area contributed by atoms with Crippen molar-refractivity contribution in [1.82, 2.24) is 4.98 Å². The molecule has 4 aromatic rings. The Hall–Kier alpha value is -4.20. The Morgan fingerprint density at radius 3 is 2.45 bits per heavy atom. The summed E-state index contributed by atoms with van der Waals surface area (Å²) in [5.74, 6) is 0.522. The highest BCUT2D eigenvalue weighted by Crippen LogP contribution is 2.27. The third-order valence-corrected chi connectivity index (χ3v) is 4.56. The van der Waals surface area contributed by atoms with Gasteiger partial charge in [0, 0.05) is 23.4 Å². The van der Waals surface area contributed by atoms with Crippen molar-refractivity contribution in [3.8, 4) is 17.2 Å². The minimum absolute atomic E-state index is 0.0436. The zero-order valence-corrected chi connectivity index (χ0v) is 16.9. The third kappa shape index (κ3) is 4.69. The Labute approximate surface area is 177 Å². The molecule has 1 N–H and O–H groups in total. The van der Waals surface area contributed by atoms with E-state index in [0.29, 0.717) is 28.4 Å². The zero-order valence-electron chi connectivity index (χ0n) is 16.9. The van der Waals surface area contributed by atoms with Gasteiger partial charge in [-0.2, -0.15) is 0 Å². The summed E-state index contributed by atoms with van der Waals surface area (Å²) in [6, 6.07) is 16.8. The fraction of sp³-hybridized carbons (Fsp3) is 0.130. The first-order chi connectivity index (χ1) is 14.9. The van der Waals surface area contributed by atoms with Crippen LogP contribution in [-0.2, 0) is 4.79 Å². The van der Waals surface area contributed by atoms with Gasteiger partial charge in [0.25, 0.3) is 11.6 Å². The number of nitrogens with zero attached hydrogens (tertiary/aromatic N) is 2. The Morgan fingerprint density at radius 1 is 1.06 bits per heavy atom. The number of nitro benzene ring substituents is 1. The summed E-state index contributed by atoms with van der Waals surface area (Å²) in [6.07, 6.45) is 0. The number of rotatable bonds is 6. The van der Waals surface area contributed by atoms with E-state index in [1.807, 2.05) is 26.0 Å². The number of aryl methyl sites for hydroxylation is 2. The second-order valence-electron chi connectivity index (χ2n) is 7.17. The molecule has 0 aliphatic carbocycles. The number of oxazole rings is 1. The first-order valence-corrected chi connectivity index (χ1v) is 9.54. The maximum absolute atomic E-state index is 12.2. The summed E-state index contributed by atoms with van der Waals surface area (Å²) in [7, 11) is 0. The predicted octanol–water partition coefficient (Wildman–Crippen LogP) is 5.04. The summed E-state index contributed by atoms with van der Waals surface area (Å²) in [6.45, 7) is 3.81. The molecular formula is C23H19N3O5. The van der Waals surface area contributed by atoms with E-state index in [0.717, 1.165) is 16.7 Å². The highest BCUT2D eigenvalue weighted by atomic mass is 16.6. The molecule has 0 aliphatic heterocycles. The molecule has 0 spiro atoms. The molecule has 0 saturated heterocycles. The minimum atomic E-state index is -0.498. The van der Waals surface area contributed by atoms with Crippen molar-refractivity contribution < 1.29 is 18.9 Å². The number of nitro groups is 1. The van der Waals surface area contributed by atoms with Gasteiger partial charge >= 0.3 is 0 Å². The largest absolute Gasteiger partial charge is 0.484 e. The summed E-state index contributed by atoms with van der Waals surface area (Å²) in [5.41, 5.74) is 4.91. The Balaban J connectivity index is 1.43. The van der Waals surface area contributed by atoms with Gasteiger partial charge in [-0.15, -0.1) is 0 Å². The highest BCUT2D eigenvalue weighted by molar-refractivity contribution is 5.94. The monoisotopic (exact) mass is 417 g/mol. The standard InChI is InChI=1S/C23H19N3O5/c1-14-9-15(2)11-16(10-14)23-25-20-12-17(3-8-21(20)31-23)24-22(27)13-30-19-6-4-18(5-7-19)26(28)29/h3-12H,13H2,1-2H3,(H,24,27). The average molecular weight is 417 g/mol. The molecule has 1 aromatic heterocycles. The zero-order chi connectivity index (χ0) is 22.0. The number of carbonyl (C=O) groups excluding carboxylic acids is 1. The smallest absolute Gasteiger partial charge is 0.269 e. The van der Waals surface area contributed by atoms with Crippen LogP contribution in [0.1, 0.15) is 11.1 Å². The van der Waals surface area contributed by atoms with Crippen LogP contribution in [-0.4, -0.2) is 22.4 Å². The maximum Gasteiger partial charge on any atom is 0.269 e. The molecule has 0 atom stereocenters. The molecule has 0 unspecified atom stereocenters. The number of nitrogens with one attached hydrogen (secondary N) is 1. The van der Waals surface area contributed by atoms with Gasteiger partial charge in [-0.3, -0.25) is 14.9 Å². The van der Waals surface area contributed by atoms with Gasteiger partial charge in [0.1, 0.15) is 11.3 Å². The molecule has 1 heterocycles. The Bertz CT molecular complexity index is 1260. The number of hydrogen-bond donors (Lipinski definition) is 1. The normalized spacial score (nSPS) is 10.8. The molecule has 4 rings (SSSR count). The van der Waals surface area contributed by atoms with E-state index >= 15 is 0 Å². The molecule has 3 aromatic carbocycles. The number of aromatic nitrogens is 1. The molecule has 8 nitrogen and oxygen atoms in total. The van der Waals surface area contributed by atoms with E-state index < -0.39 is 4.92 Å². The van der Waals surface area contributed by atoms with Gasteiger partial charge in [0.15, 0.2) is 12.2 Å². The van der Waals surface area contributed by atoms with Crippen LogP contribution in [0.2, 0.25) is 0 Å². The van der Waals surface area contributed by atoms with Crippen LogP contribution >= 0.6 is 0 Å². The Morgan fingerprint density at radius 2 is 1.77 bits per heavy atom. The van der Waals surface area contributed by atoms with Crippen LogP contribution in [0, 0.1) is 24.0 Å². The van der Waals surface area contributed by atoms with Crippen LogP contribution in [0.25, 0.3) is 22.6 Å². The lowest BCUT2D eigenvalue weighted by atomic mass is 10.1. The fourth-order valence-electron chi connectivity index (χ4n) is 3.24. The lowest BCUT2D eigenvalue weighted by molar-refractivity contribution is -0.384. The number of anilines is 1. The topological polar surface area (TPSA) is 108 Å². The number of fused-ring (bicyclic) bond motifs is 1. The van der Waals surface area contributed by atoms with E-state index in [1.165, 1.54) is 24.3 Å². The van der Waals surface area contributed by atoms with Crippen LogP contribution in [0.3, 0.4) is 0 Å². The molecule has 0 bridgehead atoms. The number of amides is 1. The van der Waals surface area contributed by atoms with Crippen molar-refractivity contribution in [1.29, 1.82) is 0 Å². The van der Waals surface area contributed by atoms with E-state index in [-0.39, 0.29) is 18.2 Å². The fourth-order valence-corrected chi connectivity index (χ4v) is 3.24. The van der Waals surface area contributed by atoms with Gasteiger partial charge in [-0.1, -0.05) is 17.2 Å². The Kier molecular flexibility index (Phi) is 5.36. The lowest BCUT2D eigenvalue weighted by Crippen LogP contribution is -2.20. The van der Waals surface area contributed by atoms with Crippen molar-refractivity contribution in [2.24, 2.45) is 0 Å². The molecular weight excluding hydrogens is 398 g/mol. The number of ether oxygens (including phenoxy) is 1. The molecule has 0 aliphatic rings. The van der Waals surface area contributed by atoms with Gasteiger partial charge in [0.05, 0.1) is 4.92 Å². The summed E-state index contributed by atoms with van der Waals surface area (Å²) < 4.78 is 11.2. The number of carbonyl (C=O) groups is 1. The van der Waals surface area contributed by atoms with E-state index in [1.54, 1.807) is 18.2 Å². The van der Waals surface area contributed by atoms with Gasteiger partial charge in [0.2, 0.25) is 5.89 Å². The summed E-state index contributed by atoms with van der Waals surface area (Å²) >= 11 is 0. The number of hydrogen-bond acceptors (Lipinski definition) is 6. The predicted molar refractivity (Wildman–Crippen MR) is 116 cm³/mol. The van der Waals surface area contributed by atoms with Crippen molar-refractivity contribution in [3.63, 3.8) is 0 Å². The minimum Gasteiger partial charge on any atom is -0.484 e. The van der Waals surface area contributed by atoms with E-state index in [2.05, 4.69) is 16.4 Å². The van der Waals surface area contributed by atoms with Crippen LogP contribution < -0.4 is 10.1 Å². The average Bonchev–Trinajstić information content (AvgIpc) is 3.15. The summed E-state index contributed by atoms with van der Waals surface area (Å²) in [4.78, 5) is 26.9. The van der Waals surface area contributed by atoms with Crippen LogP contribution in [0.15, 0.2) is 65.1 Å². The molecule has 0 fully saturated rings. The highest BCUT2D eigenvalue weighted by Gasteiger charge is 2.12. The second kappa shape index (κ2) is 8.27.